The average Bonchev–Trinajstić information content (AvgIpc) is 3.53. The first kappa shape index (κ1) is 22.3. The van der Waals surface area contributed by atoms with Crippen LogP contribution in [0.2, 0.25) is 0 Å². The highest BCUT2D eigenvalue weighted by molar-refractivity contribution is 7.98. The molecule has 6 nitrogen and oxygen atoms in total. The van der Waals surface area contributed by atoms with Gasteiger partial charge in [0.05, 0.1) is 22.2 Å². The number of halogens is 2. The molecule has 5 rings (SSSR count). The van der Waals surface area contributed by atoms with E-state index in [1.54, 1.807) is 18.7 Å². The number of hydrogen-bond acceptors (Lipinski definition) is 6. The molecule has 0 bridgehead atoms. The Hall–Kier alpha value is -3.50. The van der Waals surface area contributed by atoms with E-state index in [2.05, 4.69) is 15.5 Å². The van der Waals surface area contributed by atoms with Crippen molar-refractivity contribution in [2.45, 2.75) is 17.9 Å². The molecule has 3 heterocycles. The summed E-state index contributed by atoms with van der Waals surface area (Å²) >= 11 is 3.09. The number of nitrogens with zero attached hydrogens (tertiary/aromatic N) is 3. The SMILES string of the molecule is CSc1ccc(C2NC(=O)N(c3ccc(F)c(F)c3)C(C)=C2c2nc(-c3cccs3)no2)cc1. The van der Waals surface area contributed by atoms with E-state index >= 15 is 0 Å². The van der Waals surface area contributed by atoms with Crippen LogP contribution in [0.25, 0.3) is 16.3 Å². The topological polar surface area (TPSA) is 71.3 Å². The van der Waals surface area contributed by atoms with Crippen LogP contribution in [0.5, 0.6) is 0 Å². The van der Waals surface area contributed by atoms with Crippen LogP contribution in [0.3, 0.4) is 0 Å². The third-order valence-corrected chi connectivity index (χ3v) is 7.10. The van der Waals surface area contributed by atoms with Crippen LogP contribution in [-0.4, -0.2) is 22.4 Å². The van der Waals surface area contributed by atoms with Crippen LogP contribution in [0, 0.1) is 11.6 Å². The smallest absolute Gasteiger partial charge is 0.327 e. The number of amides is 2. The van der Waals surface area contributed by atoms with E-state index in [1.165, 1.54) is 22.3 Å². The first-order valence-corrected chi connectivity index (χ1v) is 12.3. The number of thioether (sulfide) groups is 1. The Kier molecular flexibility index (Phi) is 5.93. The molecule has 2 amide bonds. The molecule has 1 atom stereocenters. The van der Waals surface area contributed by atoms with Gasteiger partial charge in [0.2, 0.25) is 5.82 Å². The number of rotatable bonds is 5. The van der Waals surface area contributed by atoms with Gasteiger partial charge in [-0.15, -0.1) is 23.1 Å². The molecule has 1 unspecified atom stereocenters. The lowest BCUT2D eigenvalue weighted by atomic mass is 9.94. The summed E-state index contributed by atoms with van der Waals surface area (Å²) in [5.74, 6) is -1.38. The average molecular weight is 497 g/mol. The fourth-order valence-electron chi connectivity index (χ4n) is 3.84. The van der Waals surface area contributed by atoms with E-state index < -0.39 is 23.7 Å². The molecule has 4 aromatic rings. The summed E-state index contributed by atoms with van der Waals surface area (Å²) in [5, 5.41) is 8.98. The number of aromatic nitrogens is 2. The highest BCUT2D eigenvalue weighted by Gasteiger charge is 2.36. The van der Waals surface area contributed by atoms with E-state index in [9.17, 15) is 13.6 Å². The molecule has 0 spiro atoms. The van der Waals surface area contributed by atoms with Crippen LogP contribution in [0.15, 0.2) is 75.1 Å². The van der Waals surface area contributed by atoms with Gasteiger partial charge in [-0.1, -0.05) is 23.4 Å². The van der Waals surface area contributed by atoms with Gasteiger partial charge in [-0.2, -0.15) is 4.98 Å². The largest absolute Gasteiger partial charge is 0.334 e. The second-order valence-corrected chi connectivity index (χ2v) is 9.32. The molecule has 0 saturated heterocycles. The second kappa shape index (κ2) is 9.03. The van der Waals surface area contributed by atoms with Gasteiger partial charge in [0.1, 0.15) is 0 Å². The highest BCUT2D eigenvalue weighted by atomic mass is 32.2. The van der Waals surface area contributed by atoms with Gasteiger partial charge in [-0.05, 0) is 54.5 Å². The summed E-state index contributed by atoms with van der Waals surface area (Å²) < 4.78 is 33.2. The van der Waals surface area contributed by atoms with Crippen molar-refractivity contribution in [2.75, 3.05) is 11.2 Å². The Balaban J connectivity index is 1.65. The lowest BCUT2D eigenvalue weighted by Crippen LogP contribution is -2.46. The van der Waals surface area contributed by atoms with Crippen LogP contribution >= 0.6 is 23.1 Å². The number of carbonyl (C=O) groups excluding carboxylic acids is 1. The number of benzene rings is 2. The molecule has 10 heteroatoms. The lowest BCUT2D eigenvalue weighted by Gasteiger charge is -2.35. The Morgan fingerprint density at radius 1 is 1.12 bits per heavy atom. The van der Waals surface area contributed by atoms with E-state index in [0.29, 0.717) is 17.1 Å². The summed E-state index contributed by atoms with van der Waals surface area (Å²) in [6, 6.07) is 13.8. The maximum Gasteiger partial charge on any atom is 0.327 e. The van der Waals surface area contributed by atoms with Gasteiger partial charge in [-0.25, -0.2) is 13.6 Å². The minimum absolute atomic E-state index is 0.181. The Morgan fingerprint density at radius 3 is 2.59 bits per heavy atom. The third-order valence-electron chi connectivity index (χ3n) is 5.49. The molecule has 1 aliphatic heterocycles. The maximum atomic E-state index is 14.0. The van der Waals surface area contributed by atoms with Crippen LogP contribution < -0.4 is 10.2 Å². The third kappa shape index (κ3) is 3.99. The van der Waals surface area contributed by atoms with Crippen LogP contribution in [-0.2, 0) is 0 Å². The number of nitrogens with one attached hydrogen (secondary N) is 1. The standard InChI is InChI=1S/C24H18F2N4O2S2/c1-13-20(23-28-22(29-32-23)19-4-3-11-34-19)21(14-5-8-16(33-2)9-6-14)27-24(31)30(13)15-7-10-17(25)18(26)12-15/h3-12,21H,1-2H3,(H,27,31). The summed E-state index contributed by atoms with van der Waals surface area (Å²) in [6.07, 6.45) is 1.98. The molecule has 1 N–H and O–H groups in total. The summed E-state index contributed by atoms with van der Waals surface area (Å²) in [6.45, 7) is 1.72. The number of carbonyl (C=O) groups is 1. The predicted octanol–water partition coefficient (Wildman–Crippen LogP) is 6.50. The van der Waals surface area contributed by atoms with Gasteiger partial charge in [0.15, 0.2) is 11.6 Å². The second-order valence-electron chi connectivity index (χ2n) is 7.49. The van der Waals surface area contributed by atoms with Crippen LogP contribution in [0.4, 0.5) is 19.3 Å². The minimum Gasteiger partial charge on any atom is -0.334 e. The molecule has 0 saturated carbocycles. The van der Waals surface area contributed by atoms with Gasteiger partial charge in [0, 0.05) is 16.7 Å². The molecule has 2 aromatic heterocycles. The van der Waals surface area contributed by atoms with Crippen molar-refractivity contribution in [3.05, 3.63) is 88.8 Å². The molecule has 1 aliphatic rings. The van der Waals surface area contributed by atoms with Crippen molar-refractivity contribution in [1.29, 1.82) is 0 Å². The zero-order chi connectivity index (χ0) is 23.8. The number of hydrogen-bond donors (Lipinski definition) is 1. The summed E-state index contributed by atoms with van der Waals surface area (Å²) in [4.78, 5) is 20.9. The van der Waals surface area contributed by atoms with Crippen LogP contribution in [0.1, 0.15) is 24.4 Å². The molecular weight excluding hydrogens is 478 g/mol. The number of allylic oxidation sites excluding steroid dienone is 1. The van der Waals surface area contributed by atoms with E-state index in [1.807, 2.05) is 48.0 Å². The van der Waals surface area contributed by atoms with Crippen molar-refractivity contribution in [3.8, 4) is 10.7 Å². The number of thiophene rings is 1. The number of anilines is 1. The molecule has 0 radical (unpaired) electrons. The lowest BCUT2D eigenvalue weighted by molar-refractivity contribution is 0.244. The molecule has 2 aromatic carbocycles. The van der Waals surface area contributed by atoms with Crippen molar-refractivity contribution in [3.63, 3.8) is 0 Å². The van der Waals surface area contributed by atoms with Gasteiger partial charge >= 0.3 is 6.03 Å². The van der Waals surface area contributed by atoms with Gasteiger partial charge in [-0.3, -0.25) is 4.90 Å². The minimum atomic E-state index is -1.05. The van der Waals surface area contributed by atoms with E-state index in [0.717, 1.165) is 27.5 Å². The monoisotopic (exact) mass is 496 g/mol. The molecular formula is C24H18F2N4O2S2. The summed E-state index contributed by atoms with van der Waals surface area (Å²) in [5.41, 5.74) is 2.04. The fourth-order valence-corrected chi connectivity index (χ4v) is 4.90. The van der Waals surface area contributed by atoms with Crippen molar-refractivity contribution in [2.24, 2.45) is 0 Å². The summed E-state index contributed by atoms with van der Waals surface area (Å²) in [7, 11) is 0. The first-order valence-electron chi connectivity index (χ1n) is 10.2. The van der Waals surface area contributed by atoms with E-state index in [-0.39, 0.29) is 11.6 Å². The van der Waals surface area contributed by atoms with Crippen molar-refractivity contribution >= 4 is 40.4 Å². The fraction of sp³-hybridized carbons (Fsp3) is 0.125. The van der Waals surface area contributed by atoms with Crippen molar-refractivity contribution < 1.29 is 18.1 Å². The zero-order valence-electron chi connectivity index (χ0n) is 18.1. The maximum absolute atomic E-state index is 14.0. The zero-order valence-corrected chi connectivity index (χ0v) is 19.7. The predicted molar refractivity (Wildman–Crippen MR) is 129 cm³/mol. The normalized spacial score (nSPS) is 16.2. The molecule has 0 fully saturated rings. The molecule has 34 heavy (non-hydrogen) atoms. The Labute approximate surface area is 202 Å². The van der Waals surface area contributed by atoms with E-state index in [4.69, 9.17) is 4.52 Å². The quantitative estimate of drug-likeness (QED) is 0.319. The van der Waals surface area contributed by atoms with Gasteiger partial charge in [0.25, 0.3) is 5.89 Å². The first-order chi connectivity index (χ1) is 16.5. The number of urea groups is 1. The highest BCUT2D eigenvalue weighted by Crippen LogP contribution is 2.39. The molecule has 0 aliphatic carbocycles. The molecule has 172 valence electrons. The van der Waals surface area contributed by atoms with Gasteiger partial charge < -0.3 is 9.84 Å². The Morgan fingerprint density at radius 2 is 1.91 bits per heavy atom. The Bertz CT molecular complexity index is 1380. The van der Waals surface area contributed by atoms with Crippen molar-refractivity contribution in [1.82, 2.24) is 15.5 Å².